The second-order valence-corrected chi connectivity index (χ2v) is 9.91. The molecule has 1 aromatic heterocycles. The van der Waals surface area contributed by atoms with Gasteiger partial charge in [-0.2, -0.15) is 5.26 Å². The quantitative estimate of drug-likeness (QED) is 0.221. The molecular formula is C32H31F2N3O. The first-order valence-corrected chi connectivity index (χ1v) is 13.0. The average Bonchev–Trinajstić information content (AvgIpc) is 3.50. The highest BCUT2D eigenvalue weighted by molar-refractivity contribution is 5.83. The fourth-order valence-corrected chi connectivity index (χ4v) is 5.64. The first-order chi connectivity index (χ1) is 18.5. The SMILES string of the molecule is C=CCN(CCCc1c[nH]c2ccc(F)cc12)CCCC1(c2ccc(F)cc2)OCc2cc(C#N)ccc21. The maximum absolute atomic E-state index is 13.7. The lowest BCUT2D eigenvalue weighted by Crippen LogP contribution is -2.31. The molecule has 194 valence electrons. The van der Waals surface area contributed by atoms with E-state index in [1.54, 1.807) is 24.3 Å². The van der Waals surface area contributed by atoms with Crippen LogP contribution in [0.15, 0.2) is 79.5 Å². The monoisotopic (exact) mass is 511 g/mol. The maximum Gasteiger partial charge on any atom is 0.123 e. The Kier molecular flexibility index (Phi) is 7.69. The van der Waals surface area contributed by atoms with Gasteiger partial charge in [-0.25, -0.2) is 8.78 Å². The van der Waals surface area contributed by atoms with Crippen molar-refractivity contribution >= 4 is 10.9 Å². The molecule has 1 atom stereocenters. The number of nitrogens with one attached hydrogen (secondary N) is 1. The number of fused-ring (bicyclic) bond motifs is 2. The molecule has 0 bridgehead atoms. The number of aryl methyl sites for hydroxylation is 1. The summed E-state index contributed by atoms with van der Waals surface area (Å²) in [4.78, 5) is 5.60. The second-order valence-electron chi connectivity index (χ2n) is 9.91. The molecule has 6 heteroatoms. The van der Waals surface area contributed by atoms with Gasteiger partial charge in [-0.15, -0.1) is 6.58 Å². The molecule has 0 saturated carbocycles. The van der Waals surface area contributed by atoms with Crippen LogP contribution < -0.4 is 0 Å². The highest BCUT2D eigenvalue weighted by atomic mass is 19.1. The van der Waals surface area contributed by atoms with Crippen molar-refractivity contribution in [1.82, 2.24) is 9.88 Å². The molecule has 0 fully saturated rings. The van der Waals surface area contributed by atoms with Crippen LogP contribution >= 0.6 is 0 Å². The number of aromatic amines is 1. The predicted molar refractivity (Wildman–Crippen MR) is 146 cm³/mol. The van der Waals surface area contributed by atoms with Gasteiger partial charge >= 0.3 is 0 Å². The van der Waals surface area contributed by atoms with Crippen molar-refractivity contribution in [3.05, 3.63) is 119 Å². The molecule has 2 heterocycles. The molecular weight excluding hydrogens is 480 g/mol. The summed E-state index contributed by atoms with van der Waals surface area (Å²) in [7, 11) is 0. The van der Waals surface area contributed by atoms with Gasteiger partial charge in [0.2, 0.25) is 0 Å². The van der Waals surface area contributed by atoms with E-state index >= 15 is 0 Å². The third-order valence-electron chi connectivity index (χ3n) is 7.49. The van der Waals surface area contributed by atoms with E-state index in [9.17, 15) is 14.0 Å². The average molecular weight is 512 g/mol. The maximum atomic E-state index is 13.7. The van der Waals surface area contributed by atoms with Crippen molar-refractivity contribution in [2.75, 3.05) is 19.6 Å². The molecule has 1 aliphatic rings. The summed E-state index contributed by atoms with van der Waals surface area (Å²) in [6.45, 7) is 6.87. The number of halogens is 2. The third kappa shape index (κ3) is 5.26. The number of nitrogens with zero attached hydrogens (tertiary/aromatic N) is 2. The van der Waals surface area contributed by atoms with Crippen molar-refractivity contribution in [1.29, 1.82) is 5.26 Å². The Morgan fingerprint density at radius 2 is 1.82 bits per heavy atom. The Balaban J connectivity index is 1.27. The summed E-state index contributed by atoms with van der Waals surface area (Å²) < 4.78 is 33.9. The fraction of sp³-hybridized carbons (Fsp3) is 0.281. The Morgan fingerprint density at radius 3 is 2.61 bits per heavy atom. The van der Waals surface area contributed by atoms with Gasteiger partial charge in [0.15, 0.2) is 0 Å². The number of H-pyrrole nitrogens is 1. The highest BCUT2D eigenvalue weighted by Gasteiger charge is 2.41. The molecule has 1 aliphatic heterocycles. The van der Waals surface area contributed by atoms with Crippen LogP contribution in [0.3, 0.4) is 0 Å². The van der Waals surface area contributed by atoms with Crippen LogP contribution in [0, 0.1) is 23.0 Å². The van der Waals surface area contributed by atoms with Crippen LogP contribution in [0.2, 0.25) is 0 Å². The number of nitriles is 1. The summed E-state index contributed by atoms with van der Waals surface area (Å²) in [6, 6.07) is 19.3. The summed E-state index contributed by atoms with van der Waals surface area (Å²) in [5.41, 5.74) is 4.98. The number of rotatable bonds is 11. The standard InChI is InChI=1S/C32H31F2N3O/c1-2-15-37(16-3-5-24-21-36-31-13-11-28(34)19-29(24)31)17-4-14-32(26-7-9-27(33)10-8-26)30-12-6-23(20-35)18-25(30)22-38-32/h2,6-13,18-19,21,36H,1,3-5,14-17,22H2. The summed E-state index contributed by atoms with van der Waals surface area (Å²) in [6.07, 6.45) is 7.28. The van der Waals surface area contributed by atoms with Crippen molar-refractivity contribution in [3.8, 4) is 6.07 Å². The summed E-state index contributed by atoms with van der Waals surface area (Å²) in [5, 5.41) is 10.3. The zero-order chi connectivity index (χ0) is 26.5. The Bertz CT molecular complexity index is 1470. The van der Waals surface area contributed by atoms with E-state index in [0.29, 0.717) is 12.2 Å². The molecule has 1 N–H and O–H groups in total. The second kappa shape index (κ2) is 11.3. The highest BCUT2D eigenvalue weighted by Crippen LogP contribution is 2.45. The lowest BCUT2D eigenvalue weighted by Gasteiger charge is -2.32. The Hall–Kier alpha value is -3.79. The van der Waals surface area contributed by atoms with Crippen molar-refractivity contribution in [2.24, 2.45) is 0 Å². The van der Waals surface area contributed by atoms with Crippen LogP contribution in [0.4, 0.5) is 8.78 Å². The number of hydrogen-bond acceptors (Lipinski definition) is 3. The van der Waals surface area contributed by atoms with Crippen molar-refractivity contribution in [2.45, 2.75) is 37.9 Å². The molecule has 38 heavy (non-hydrogen) atoms. The van der Waals surface area contributed by atoms with E-state index in [4.69, 9.17) is 4.74 Å². The zero-order valence-corrected chi connectivity index (χ0v) is 21.4. The van der Waals surface area contributed by atoms with E-state index in [2.05, 4.69) is 22.5 Å². The lowest BCUT2D eigenvalue weighted by atomic mass is 9.81. The van der Waals surface area contributed by atoms with Crippen LogP contribution in [-0.2, 0) is 23.4 Å². The fourth-order valence-electron chi connectivity index (χ4n) is 5.64. The van der Waals surface area contributed by atoms with Crippen LogP contribution in [-0.4, -0.2) is 29.5 Å². The van der Waals surface area contributed by atoms with Crippen LogP contribution in [0.1, 0.15) is 47.1 Å². The third-order valence-corrected chi connectivity index (χ3v) is 7.49. The molecule has 0 spiro atoms. The van der Waals surface area contributed by atoms with Gasteiger partial charge in [0.25, 0.3) is 0 Å². The minimum atomic E-state index is -0.676. The van der Waals surface area contributed by atoms with Gasteiger partial charge in [0, 0.05) is 23.6 Å². The van der Waals surface area contributed by atoms with Crippen LogP contribution in [0.5, 0.6) is 0 Å². The normalized spacial score (nSPS) is 16.6. The Morgan fingerprint density at radius 1 is 1.03 bits per heavy atom. The number of benzene rings is 3. The first kappa shape index (κ1) is 25.8. The van der Waals surface area contributed by atoms with Gasteiger partial charge in [-0.1, -0.05) is 24.3 Å². The first-order valence-electron chi connectivity index (χ1n) is 13.0. The number of hydrogen-bond donors (Lipinski definition) is 1. The molecule has 1 unspecified atom stereocenters. The largest absolute Gasteiger partial charge is 0.361 e. The van der Waals surface area contributed by atoms with Crippen molar-refractivity contribution < 1.29 is 13.5 Å². The van der Waals surface area contributed by atoms with Crippen molar-refractivity contribution in [3.63, 3.8) is 0 Å². The molecule has 0 aliphatic carbocycles. The number of aromatic nitrogens is 1. The summed E-state index contributed by atoms with van der Waals surface area (Å²) >= 11 is 0. The minimum absolute atomic E-state index is 0.221. The van der Waals surface area contributed by atoms with E-state index in [0.717, 1.165) is 78.5 Å². The predicted octanol–water partition coefficient (Wildman–Crippen LogP) is 6.99. The van der Waals surface area contributed by atoms with E-state index < -0.39 is 5.60 Å². The van der Waals surface area contributed by atoms with E-state index in [1.807, 2.05) is 30.5 Å². The lowest BCUT2D eigenvalue weighted by molar-refractivity contribution is -0.0144. The van der Waals surface area contributed by atoms with E-state index in [1.165, 1.54) is 18.2 Å². The summed E-state index contributed by atoms with van der Waals surface area (Å²) in [5.74, 6) is -0.502. The van der Waals surface area contributed by atoms with Gasteiger partial charge in [0.1, 0.15) is 17.2 Å². The molecule has 3 aromatic carbocycles. The van der Waals surface area contributed by atoms with Gasteiger partial charge < -0.3 is 9.72 Å². The molecule has 4 nitrogen and oxygen atoms in total. The van der Waals surface area contributed by atoms with E-state index in [-0.39, 0.29) is 11.6 Å². The zero-order valence-electron chi connectivity index (χ0n) is 21.4. The molecule has 0 saturated heterocycles. The molecule has 4 aromatic rings. The Labute approximate surface area is 222 Å². The van der Waals surface area contributed by atoms with Gasteiger partial charge in [-0.05, 0) is 103 Å². The topological polar surface area (TPSA) is 52.0 Å². The van der Waals surface area contributed by atoms with Crippen LogP contribution in [0.25, 0.3) is 10.9 Å². The minimum Gasteiger partial charge on any atom is -0.361 e. The molecule has 0 amide bonds. The smallest absolute Gasteiger partial charge is 0.123 e. The van der Waals surface area contributed by atoms with Gasteiger partial charge in [-0.3, -0.25) is 4.90 Å². The molecule has 0 radical (unpaired) electrons. The molecule has 5 rings (SSSR count). The number of ether oxygens (including phenoxy) is 1. The van der Waals surface area contributed by atoms with Gasteiger partial charge in [0.05, 0.1) is 18.2 Å².